The zero-order valence-corrected chi connectivity index (χ0v) is 22.5. The van der Waals surface area contributed by atoms with Crippen LogP contribution in [0.4, 0.5) is 0 Å². The van der Waals surface area contributed by atoms with Crippen LogP contribution in [-0.2, 0) is 4.79 Å². The summed E-state index contributed by atoms with van der Waals surface area (Å²) in [6.45, 7) is 7.70. The Morgan fingerprint density at radius 2 is 1.14 bits per heavy atom. The first-order valence-electron chi connectivity index (χ1n) is 11.7. The fraction of sp³-hybridized carbons (Fsp3) is 0.393. The van der Waals surface area contributed by atoms with E-state index in [4.69, 9.17) is 42.1 Å². The summed E-state index contributed by atoms with van der Waals surface area (Å²) >= 11 is 12.9. The molecule has 0 saturated heterocycles. The highest BCUT2D eigenvalue weighted by Gasteiger charge is 2.22. The van der Waals surface area contributed by atoms with Gasteiger partial charge in [-0.2, -0.15) is 0 Å². The monoisotopic (exact) mass is 518 g/mol. The average molecular weight is 519 g/mol. The lowest BCUT2D eigenvalue weighted by Gasteiger charge is -2.19. The van der Waals surface area contributed by atoms with E-state index < -0.39 is 0 Å². The number of carbonyl (C=O) groups excluding carboxylic acids is 1. The van der Waals surface area contributed by atoms with Crippen molar-refractivity contribution in [3.63, 3.8) is 0 Å². The van der Waals surface area contributed by atoms with Gasteiger partial charge in [-0.15, -0.1) is 0 Å². The van der Waals surface area contributed by atoms with E-state index in [0.717, 1.165) is 28.7 Å². The maximum absolute atomic E-state index is 13.3. The van der Waals surface area contributed by atoms with Gasteiger partial charge < -0.3 is 18.9 Å². The summed E-state index contributed by atoms with van der Waals surface area (Å²) in [7, 11) is 3.14. The van der Waals surface area contributed by atoms with Gasteiger partial charge in [-0.05, 0) is 94.5 Å². The third kappa shape index (κ3) is 6.74. The van der Waals surface area contributed by atoms with E-state index in [9.17, 15) is 4.79 Å². The Morgan fingerprint density at radius 1 is 0.743 bits per heavy atom. The molecule has 0 atom stereocenters. The third-order valence-corrected chi connectivity index (χ3v) is 5.93. The van der Waals surface area contributed by atoms with Crippen LogP contribution in [0.5, 0.6) is 23.0 Å². The Morgan fingerprint density at radius 3 is 1.49 bits per heavy atom. The van der Waals surface area contributed by atoms with Crippen molar-refractivity contribution in [2.24, 2.45) is 0 Å². The second kappa shape index (κ2) is 11.9. The maximum Gasteiger partial charge on any atom is 0.185 e. The highest BCUT2D eigenvalue weighted by atomic mass is 35.5. The Balaban J connectivity index is 1.93. The normalized spacial score (nSPS) is 16.3. The van der Waals surface area contributed by atoms with Crippen molar-refractivity contribution >= 4 is 41.1 Å². The summed E-state index contributed by atoms with van der Waals surface area (Å²) in [5.41, 5.74) is 3.01. The number of benzene rings is 2. The molecule has 3 rings (SSSR count). The number of halogens is 2. The molecule has 2 aromatic carbocycles. The molecule has 0 unspecified atom stereocenters. The fourth-order valence-electron chi connectivity index (χ4n) is 3.93. The predicted molar refractivity (Wildman–Crippen MR) is 142 cm³/mol. The van der Waals surface area contributed by atoms with E-state index in [1.165, 1.54) is 0 Å². The quantitative estimate of drug-likeness (QED) is 0.333. The SMILES string of the molecule is COc1cc(/C=C2/CCC/C(=C\c3cc(Cl)c(OC(C)C)c(OC)c3)C2=O)cc(Cl)c1OC(C)C. The lowest BCUT2D eigenvalue weighted by molar-refractivity contribution is -0.112. The number of Topliss-reactive ketones (excluding diaryl/α,β-unsaturated/α-hetero) is 1. The molecule has 0 heterocycles. The summed E-state index contributed by atoms with van der Waals surface area (Å²) in [6.07, 6.45) is 5.89. The highest BCUT2D eigenvalue weighted by Crippen LogP contribution is 2.40. The molecule has 5 nitrogen and oxygen atoms in total. The highest BCUT2D eigenvalue weighted by molar-refractivity contribution is 6.33. The van der Waals surface area contributed by atoms with Gasteiger partial charge in [0.2, 0.25) is 0 Å². The number of ketones is 1. The Bertz CT molecular complexity index is 1060. The van der Waals surface area contributed by atoms with Crippen molar-refractivity contribution < 1.29 is 23.7 Å². The van der Waals surface area contributed by atoms with Gasteiger partial charge in [-0.1, -0.05) is 23.2 Å². The van der Waals surface area contributed by atoms with Gasteiger partial charge >= 0.3 is 0 Å². The van der Waals surface area contributed by atoms with Crippen LogP contribution >= 0.6 is 23.2 Å². The number of rotatable bonds is 8. The van der Waals surface area contributed by atoms with Crippen LogP contribution in [0.15, 0.2) is 35.4 Å². The third-order valence-electron chi connectivity index (χ3n) is 5.37. The second-order valence-electron chi connectivity index (χ2n) is 8.92. The average Bonchev–Trinajstić information content (AvgIpc) is 2.79. The molecule has 1 saturated carbocycles. The van der Waals surface area contributed by atoms with Gasteiger partial charge in [0.15, 0.2) is 28.8 Å². The zero-order valence-electron chi connectivity index (χ0n) is 21.0. The van der Waals surface area contributed by atoms with Crippen LogP contribution in [0.25, 0.3) is 12.2 Å². The van der Waals surface area contributed by atoms with Crippen LogP contribution in [0.1, 0.15) is 58.1 Å². The smallest absolute Gasteiger partial charge is 0.185 e. The molecule has 0 aromatic heterocycles. The molecule has 1 fully saturated rings. The molecule has 0 spiro atoms. The Kier molecular flexibility index (Phi) is 9.15. The van der Waals surface area contributed by atoms with Crippen molar-refractivity contribution in [3.05, 3.63) is 56.6 Å². The molecule has 0 aliphatic heterocycles. The van der Waals surface area contributed by atoms with E-state index in [1.54, 1.807) is 26.4 Å². The van der Waals surface area contributed by atoms with Crippen molar-refractivity contribution in [3.8, 4) is 23.0 Å². The molecule has 0 radical (unpaired) electrons. The number of ether oxygens (including phenoxy) is 4. The van der Waals surface area contributed by atoms with E-state index in [0.29, 0.717) is 45.9 Å². The maximum atomic E-state index is 13.3. The van der Waals surface area contributed by atoms with Gasteiger partial charge in [-0.25, -0.2) is 0 Å². The number of allylic oxidation sites excluding steroid dienone is 2. The number of carbonyl (C=O) groups is 1. The van der Waals surface area contributed by atoms with Crippen LogP contribution in [0.2, 0.25) is 10.0 Å². The minimum atomic E-state index is -0.0450. The lowest BCUT2D eigenvalue weighted by Crippen LogP contribution is -2.12. The molecular weight excluding hydrogens is 487 g/mol. The van der Waals surface area contributed by atoms with E-state index in [1.807, 2.05) is 52.0 Å². The molecule has 7 heteroatoms. The molecule has 35 heavy (non-hydrogen) atoms. The van der Waals surface area contributed by atoms with E-state index in [2.05, 4.69) is 0 Å². The van der Waals surface area contributed by atoms with Crippen LogP contribution in [0, 0.1) is 0 Å². The molecule has 0 amide bonds. The first-order chi connectivity index (χ1) is 16.6. The fourth-order valence-corrected chi connectivity index (χ4v) is 4.45. The van der Waals surface area contributed by atoms with Gasteiger partial charge in [0.1, 0.15) is 0 Å². The van der Waals surface area contributed by atoms with Crippen molar-refractivity contribution in [1.82, 2.24) is 0 Å². The van der Waals surface area contributed by atoms with E-state index >= 15 is 0 Å². The molecule has 0 bridgehead atoms. The standard InChI is InChI=1S/C28H32Cl2O5/c1-16(2)34-27-22(29)12-18(14-24(27)32-5)10-20-8-7-9-21(26(20)31)11-19-13-23(30)28(35-17(3)4)25(15-19)33-6/h10-17H,7-9H2,1-6H3/b20-10-,21-11+. The predicted octanol–water partition coefficient (Wildman–Crippen LogP) is 7.81. The number of hydrogen-bond donors (Lipinski definition) is 0. The second-order valence-corrected chi connectivity index (χ2v) is 9.74. The van der Waals surface area contributed by atoms with Crippen LogP contribution < -0.4 is 18.9 Å². The van der Waals surface area contributed by atoms with Crippen molar-refractivity contribution in [2.45, 2.75) is 59.2 Å². The Labute approximate surface area is 217 Å². The van der Waals surface area contributed by atoms with Gasteiger partial charge in [0.05, 0.1) is 36.5 Å². The summed E-state index contributed by atoms with van der Waals surface area (Å²) in [4.78, 5) is 13.3. The molecule has 2 aromatic rings. The molecule has 1 aliphatic rings. The van der Waals surface area contributed by atoms with Crippen molar-refractivity contribution in [1.29, 1.82) is 0 Å². The first kappa shape index (κ1) is 27.0. The van der Waals surface area contributed by atoms with Gasteiger partial charge in [0.25, 0.3) is 0 Å². The molecular formula is C28H32Cl2O5. The summed E-state index contributed by atoms with van der Waals surface area (Å²) in [5.74, 6) is 2.06. The topological polar surface area (TPSA) is 54.0 Å². The molecule has 188 valence electrons. The summed E-state index contributed by atoms with van der Waals surface area (Å²) in [5, 5.41) is 0.878. The molecule has 1 aliphatic carbocycles. The van der Waals surface area contributed by atoms with E-state index in [-0.39, 0.29) is 18.0 Å². The van der Waals surface area contributed by atoms with Crippen LogP contribution in [-0.4, -0.2) is 32.2 Å². The van der Waals surface area contributed by atoms with Gasteiger partial charge in [-0.3, -0.25) is 4.79 Å². The number of methoxy groups -OCH3 is 2. The summed E-state index contributed by atoms with van der Waals surface area (Å²) < 4.78 is 22.5. The Hall–Kier alpha value is -2.63. The largest absolute Gasteiger partial charge is 0.493 e. The minimum Gasteiger partial charge on any atom is -0.493 e. The van der Waals surface area contributed by atoms with Crippen molar-refractivity contribution in [2.75, 3.05) is 14.2 Å². The lowest BCUT2D eigenvalue weighted by atomic mass is 9.87. The first-order valence-corrected chi connectivity index (χ1v) is 12.4. The van der Waals surface area contributed by atoms with Gasteiger partial charge in [0, 0.05) is 11.1 Å². The molecule has 0 N–H and O–H groups in total. The summed E-state index contributed by atoms with van der Waals surface area (Å²) in [6, 6.07) is 7.25. The zero-order chi connectivity index (χ0) is 25.7. The minimum absolute atomic E-state index is 0.00597. The number of hydrogen-bond acceptors (Lipinski definition) is 5. The van der Waals surface area contributed by atoms with Crippen LogP contribution in [0.3, 0.4) is 0 Å².